The highest BCUT2D eigenvalue weighted by molar-refractivity contribution is 8.14. The van der Waals surface area contributed by atoms with E-state index in [4.69, 9.17) is 11.6 Å². The van der Waals surface area contributed by atoms with Crippen LogP contribution < -0.4 is 4.90 Å². The number of thioether (sulfide) groups is 1. The molecule has 0 bridgehead atoms. The zero-order valence-corrected chi connectivity index (χ0v) is 16.8. The molecular formula is C18H24ClNO4S. The van der Waals surface area contributed by atoms with Gasteiger partial charge in [-0.2, -0.15) is 0 Å². The van der Waals surface area contributed by atoms with E-state index < -0.39 is 18.4 Å². The van der Waals surface area contributed by atoms with Gasteiger partial charge in [0.15, 0.2) is 5.12 Å². The van der Waals surface area contributed by atoms with E-state index in [-0.39, 0.29) is 16.3 Å². The molecule has 5 nitrogen and oxygen atoms in total. The molecule has 0 heterocycles. The Bertz CT molecular complexity index is 682. The van der Waals surface area contributed by atoms with E-state index in [9.17, 15) is 19.5 Å². The lowest BCUT2D eigenvalue weighted by atomic mass is 9.93. The summed E-state index contributed by atoms with van der Waals surface area (Å²) in [5.74, 6) is -1.66. The van der Waals surface area contributed by atoms with Gasteiger partial charge in [0, 0.05) is 11.4 Å². The molecule has 0 aliphatic rings. The van der Waals surface area contributed by atoms with Crippen molar-refractivity contribution in [3.63, 3.8) is 0 Å². The minimum atomic E-state index is -1.13. The molecule has 0 fully saturated rings. The molecule has 1 N–H and O–H groups in total. The minimum absolute atomic E-state index is 0.0873. The van der Waals surface area contributed by atoms with Gasteiger partial charge in [0.2, 0.25) is 5.91 Å². The lowest BCUT2D eigenvalue weighted by Gasteiger charge is -2.25. The second-order valence-electron chi connectivity index (χ2n) is 7.11. The van der Waals surface area contributed by atoms with E-state index in [1.54, 1.807) is 26.0 Å². The van der Waals surface area contributed by atoms with Crippen LogP contribution in [0.15, 0.2) is 12.1 Å². The van der Waals surface area contributed by atoms with E-state index in [1.807, 2.05) is 20.8 Å². The van der Waals surface area contributed by atoms with Gasteiger partial charge >= 0.3 is 5.97 Å². The Balaban J connectivity index is 3.01. The van der Waals surface area contributed by atoms with Crippen molar-refractivity contribution < 1.29 is 19.5 Å². The molecule has 1 aromatic rings. The summed E-state index contributed by atoms with van der Waals surface area (Å²) in [4.78, 5) is 37.0. The van der Waals surface area contributed by atoms with Gasteiger partial charge in [-0.3, -0.25) is 19.3 Å². The van der Waals surface area contributed by atoms with Crippen LogP contribution in [0.25, 0.3) is 0 Å². The van der Waals surface area contributed by atoms with E-state index in [2.05, 4.69) is 0 Å². The molecule has 0 aliphatic heterocycles. The molecule has 0 radical (unpaired) electrons. The van der Waals surface area contributed by atoms with E-state index in [1.165, 1.54) is 4.90 Å². The van der Waals surface area contributed by atoms with Crippen LogP contribution in [-0.2, 0) is 14.4 Å². The first-order chi connectivity index (χ1) is 11.4. The van der Waals surface area contributed by atoms with Crippen LogP contribution >= 0.6 is 23.4 Å². The zero-order chi connectivity index (χ0) is 19.4. The predicted molar refractivity (Wildman–Crippen MR) is 102 cm³/mol. The van der Waals surface area contributed by atoms with E-state index in [0.717, 1.165) is 17.3 Å². The quantitative estimate of drug-likeness (QED) is 0.798. The lowest BCUT2D eigenvalue weighted by Crippen LogP contribution is -2.38. The van der Waals surface area contributed by atoms with Crippen LogP contribution in [0.5, 0.6) is 0 Å². The standard InChI is InChI=1S/C18H24ClNO4S/c1-11-6-7-13(19)12(2)17(11)20(9-15(22)23)14(21)10-25-16(24)8-18(3,4)5/h6-7H,8-10H2,1-5H3,(H,22,23). The Morgan fingerprint density at radius 3 is 2.32 bits per heavy atom. The van der Waals surface area contributed by atoms with Crippen LogP contribution in [0.3, 0.4) is 0 Å². The molecule has 7 heteroatoms. The van der Waals surface area contributed by atoms with Crippen molar-refractivity contribution >= 4 is 46.0 Å². The number of aryl methyl sites for hydroxylation is 1. The number of nitrogens with zero attached hydrogens (tertiary/aromatic N) is 1. The van der Waals surface area contributed by atoms with Crippen LogP contribution in [0.1, 0.15) is 38.3 Å². The molecule has 0 aliphatic carbocycles. The Labute approximate surface area is 157 Å². The summed E-state index contributed by atoms with van der Waals surface area (Å²) in [6, 6.07) is 3.45. The topological polar surface area (TPSA) is 74.7 Å². The summed E-state index contributed by atoms with van der Waals surface area (Å²) in [6.45, 7) is 8.90. The smallest absolute Gasteiger partial charge is 0.323 e. The Hall–Kier alpha value is -1.53. The fourth-order valence-corrected chi connectivity index (χ4v) is 3.49. The third kappa shape index (κ3) is 6.71. The maximum Gasteiger partial charge on any atom is 0.323 e. The summed E-state index contributed by atoms with van der Waals surface area (Å²) < 4.78 is 0. The van der Waals surface area contributed by atoms with Crippen molar-refractivity contribution in [2.75, 3.05) is 17.2 Å². The van der Waals surface area contributed by atoms with Gasteiger partial charge in [-0.15, -0.1) is 0 Å². The Kier molecular flexibility index (Phi) is 7.50. The summed E-state index contributed by atoms with van der Waals surface area (Å²) >= 11 is 7.05. The van der Waals surface area contributed by atoms with Crippen LogP contribution in [0.4, 0.5) is 5.69 Å². The summed E-state index contributed by atoms with van der Waals surface area (Å²) in [7, 11) is 0. The number of rotatable bonds is 6. The lowest BCUT2D eigenvalue weighted by molar-refractivity contribution is -0.136. The third-order valence-electron chi connectivity index (χ3n) is 3.46. The first-order valence-electron chi connectivity index (χ1n) is 7.86. The van der Waals surface area contributed by atoms with Crippen molar-refractivity contribution in [2.45, 2.75) is 41.0 Å². The van der Waals surface area contributed by atoms with Gasteiger partial charge in [0.05, 0.1) is 11.4 Å². The highest BCUT2D eigenvalue weighted by Gasteiger charge is 2.25. The molecular weight excluding hydrogens is 362 g/mol. The minimum Gasteiger partial charge on any atom is -0.480 e. The van der Waals surface area contributed by atoms with Gasteiger partial charge in [-0.1, -0.05) is 50.2 Å². The molecule has 1 amide bonds. The monoisotopic (exact) mass is 385 g/mol. The molecule has 1 aromatic carbocycles. The van der Waals surface area contributed by atoms with Crippen molar-refractivity contribution in [1.29, 1.82) is 0 Å². The van der Waals surface area contributed by atoms with Crippen LogP contribution in [-0.4, -0.2) is 34.4 Å². The summed E-state index contributed by atoms with van der Waals surface area (Å²) in [5, 5.41) is 9.55. The molecule has 138 valence electrons. The van der Waals surface area contributed by atoms with Crippen molar-refractivity contribution in [3.05, 3.63) is 28.3 Å². The fraction of sp³-hybridized carbons (Fsp3) is 0.500. The van der Waals surface area contributed by atoms with Crippen molar-refractivity contribution in [1.82, 2.24) is 0 Å². The third-order valence-corrected chi connectivity index (χ3v) is 4.73. The Morgan fingerprint density at radius 1 is 1.20 bits per heavy atom. The molecule has 0 atom stereocenters. The average Bonchev–Trinajstić information content (AvgIpc) is 2.46. The van der Waals surface area contributed by atoms with Crippen molar-refractivity contribution in [2.24, 2.45) is 5.41 Å². The molecule has 0 aromatic heterocycles. The molecule has 0 unspecified atom stereocenters. The maximum absolute atomic E-state index is 12.6. The number of aliphatic carboxylic acids is 1. The fourth-order valence-electron chi connectivity index (χ4n) is 2.36. The van der Waals surface area contributed by atoms with E-state index in [0.29, 0.717) is 22.7 Å². The second-order valence-corrected chi connectivity index (χ2v) is 8.55. The number of carbonyl (C=O) groups excluding carboxylic acids is 2. The largest absolute Gasteiger partial charge is 0.480 e. The highest BCUT2D eigenvalue weighted by atomic mass is 35.5. The van der Waals surface area contributed by atoms with Crippen LogP contribution in [0, 0.1) is 19.3 Å². The maximum atomic E-state index is 12.6. The van der Waals surface area contributed by atoms with Gasteiger partial charge in [-0.25, -0.2) is 0 Å². The van der Waals surface area contributed by atoms with E-state index >= 15 is 0 Å². The van der Waals surface area contributed by atoms with Gasteiger partial charge in [-0.05, 0) is 36.5 Å². The number of amides is 1. The highest BCUT2D eigenvalue weighted by Crippen LogP contribution is 2.31. The Morgan fingerprint density at radius 2 is 1.80 bits per heavy atom. The summed E-state index contributed by atoms with van der Waals surface area (Å²) in [6.07, 6.45) is 0.346. The number of hydrogen-bond acceptors (Lipinski definition) is 4. The van der Waals surface area contributed by atoms with Crippen LogP contribution in [0.2, 0.25) is 5.02 Å². The van der Waals surface area contributed by atoms with Gasteiger partial charge in [0.25, 0.3) is 0 Å². The molecule has 1 rings (SSSR count). The first-order valence-corrected chi connectivity index (χ1v) is 9.22. The SMILES string of the molecule is Cc1ccc(Cl)c(C)c1N(CC(=O)O)C(=O)CSC(=O)CC(C)(C)C. The molecule has 25 heavy (non-hydrogen) atoms. The molecule has 0 saturated carbocycles. The van der Waals surface area contributed by atoms with Crippen molar-refractivity contribution in [3.8, 4) is 0 Å². The zero-order valence-electron chi connectivity index (χ0n) is 15.2. The first kappa shape index (κ1) is 21.5. The number of carboxylic acid groups (broad SMARTS) is 1. The second kappa shape index (κ2) is 8.72. The number of carboxylic acids is 1. The predicted octanol–water partition coefficient (Wildman–Crippen LogP) is 4.07. The molecule has 0 spiro atoms. The number of anilines is 1. The average molecular weight is 386 g/mol. The van der Waals surface area contributed by atoms with Gasteiger partial charge < -0.3 is 5.11 Å². The number of carbonyl (C=O) groups is 3. The summed E-state index contributed by atoms with van der Waals surface area (Å²) in [5.41, 5.74) is 1.72. The van der Waals surface area contributed by atoms with Gasteiger partial charge in [0.1, 0.15) is 6.54 Å². The number of benzene rings is 1. The normalized spacial score (nSPS) is 11.3. The molecule has 0 saturated heterocycles. The number of hydrogen-bond donors (Lipinski definition) is 1. The number of halogens is 1.